The molecule has 0 aliphatic carbocycles. The lowest BCUT2D eigenvalue weighted by Gasteiger charge is -2.33. The summed E-state index contributed by atoms with van der Waals surface area (Å²) in [5.74, 6) is -0.295. The summed E-state index contributed by atoms with van der Waals surface area (Å²) in [6.07, 6.45) is -0.874. The lowest BCUT2D eigenvalue weighted by atomic mass is 10.1. The van der Waals surface area contributed by atoms with Gasteiger partial charge in [-0.3, -0.25) is 9.59 Å². The number of nitrogens with zero attached hydrogens (tertiary/aromatic N) is 2. The average Bonchev–Trinajstić information content (AvgIpc) is 3.26. The van der Waals surface area contributed by atoms with Gasteiger partial charge in [0.05, 0.1) is 17.8 Å². The number of aryl methyl sites for hydroxylation is 2. The molecule has 6 nitrogen and oxygen atoms in total. The number of hydrogen-bond acceptors (Lipinski definition) is 4. The summed E-state index contributed by atoms with van der Waals surface area (Å²) < 4.78 is 7.73. The van der Waals surface area contributed by atoms with Crippen molar-refractivity contribution in [2.75, 3.05) is 11.4 Å². The Morgan fingerprint density at radius 2 is 1.81 bits per heavy atom. The highest BCUT2D eigenvalue weighted by atomic mass is 32.1. The van der Waals surface area contributed by atoms with E-state index in [2.05, 4.69) is 4.57 Å². The van der Waals surface area contributed by atoms with Crippen molar-refractivity contribution in [3.05, 3.63) is 64.8 Å². The van der Waals surface area contributed by atoms with Crippen LogP contribution in [0.1, 0.15) is 21.7 Å². The molecule has 4 rings (SSSR count). The molecule has 0 fully saturated rings. The predicted molar refractivity (Wildman–Crippen MR) is 105 cm³/mol. The van der Waals surface area contributed by atoms with Crippen molar-refractivity contribution in [2.45, 2.75) is 20.0 Å². The van der Waals surface area contributed by atoms with E-state index in [0.29, 0.717) is 17.0 Å². The Bertz CT molecular complexity index is 1020. The second-order valence-corrected chi connectivity index (χ2v) is 7.38. The molecule has 27 heavy (non-hydrogen) atoms. The van der Waals surface area contributed by atoms with E-state index in [1.54, 1.807) is 17.0 Å². The Balaban J connectivity index is 1.78. The molecule has 0 spiro atoms. The largest absolute Gasteiger partial charge is 0.477 e. The van der Waals surface area contributed by atoms with Crippen molar-refractivity contribution in [3.63, 3.8) is 0 Å². The van der Waals surface area contributed by atoms with Gasteiger partial charge in [-0.1, -0.05) is 12.1 Å². The second kappa shape index (κ2) is 6.59. The van der Waals surface area contributed by atoms with Crippen LogP contribution in [0, 0.1) is 13.8 Å². The number of thiophene rings is 1. The summed E-state index contributed by atoms with van der Waals surface area (Å²) in [7, 11) is 0. The maximum Gasteiger partial charge on any atom is 0.261 e. The molecular formula is C20H19N3O3S. The number of ether oxygens (including phenoxy) is 1. The first-order chi connectivity index (χ1) is 13.0. The first-order valence-electron chi connectivity index (χ1n) is 8.57. The zero-order chi connectivity index (χ0) is 19.1. The molecule has 1 aliphatic heterocycles. The molecule has 138 valence electrons. The summed E-state index contributed by atoms with van der Waals surface area (Å²) in [6.45, 7) is 4.10. The van der Waals surface area contributed by atoms with Gasteiger partial charge in [0.2, 0.25) is 0 Å². The monoisotopic (exact) mass is 381 g/mol. The van der Waals surface area contributed by atoms with Crippen LogP contribution < -0.4 is 15.4 Å². The molecule has 7 heteroatoms. The van der Waals surface area contributed by atoms with Crippen molar-refractivity contribution in [1.82, 2.24) is 4.57 Å². The summed E-state index contributed by atoms with van der Waals surface area (Å²) in [6, 6.07) is 13.0. The Labute approximate surface area is 160 Å². The summed E-state index contributed by atoms with van der Waals surface area (Å²) in [5, 5.41) is 2.76. The molecule has 2 amide bonds. The van der Waals surface area contributed by atoms with Crippen LogP contribution in [0.4, 0.5) is 5.69 Å². The van der Waals surface area contributed by atoms with E-state index in [1.165, 1.54) is 11.3 Å². The third-order valence-electron chi connectivity index (χ3n) is 4.69. The van der Waals surface area contributed by atoms with E-state index in [4.69, 9.17) is 10.5 Å². The molecule has 2 N–H and O–H groups in total. The maximum absolute atomic E-state index is 13.4. The highest BCUT2D eigenvalue weighted by molar-refractivity contribution is 7.13. The van der Waals surface area contributed by atoms with Crippen LogP contribution in [-0.2, 0) is 4.79 Å². The SMILES string of the molecule is Cc1ccc(C)n1-c1sccc1C(=O)N1C[C@@H](C(N)=O)Oc2ccccc21. The van der Waals surface area contributed by atoms with Gasteiger partial charge in [0.25, 0.3) is 11.8 Å². The number of rotatable bonds is 3. The number of fused-ring (bicyclic) bond motifs is 1. The Morgan fingerprint density at radius 3 is 2.52 bits per heavy atom. The smallest absolute Gasteiger partial charge is 0.261 e. The van der Waals surface area contributed by atoms with Gasteiger partial charge in [-0.2, -0.15) is 0 Å². The van der Waals surface area contributed by atoms with E-state index in [-0.39, 0.29) is 12.5 Å². The minimum Gasteiger partial charge on any atom is -0.477 e. The zero-order valence-electron chi connectivity index (χ0n) is 15.0. The number of para-hydroxylation sites is 2. The van der Waals surface area contributed by atoms with Crippen molar-refractivity contribution in [3.8, 4) is 10.8 Å². The fraction of sp³-hybridized carbons (Fsp3) is 0.200. The predicted octanol–water partition coefficient (Wildman–Crippen LogP) is 3.05. The lowest BCUT2D eigenvalue weighted by molar-refractivity contribution is -0.124. The first-order valence-corrected chi connectivity index (χ1v) is 9.45. The van der Waals surface area contributed by atoms with Crippen LogP contribution in [-0.4, -0.2) is 29.0 Å². The molecule has 0 saturated carbocycles. The maximum atomic E-state index is 13.4. The van der Waals surface area contributed by atoms with Gasteiger partial charge in [-0.15, -0.1) is 11.3 Å². The minimum atomic E-state index is -0.874. The average molecular weight is 381 g/mol. The quantitative estimate of drug-likeness (QED) is 0.757. The van der Waals surface area contributed by atoms with Gasteiger partial charge in [0.15, 0.2) is 6.10 Å². The molecule has 3 aromatic rings. The molecule has 1 aliphatic rings. The van der Waals surface area contributed by atoms with Gasteiger partial charge in [-0.05, 0) is 49.6 Å². The number of carbonyl (C=O) groups excluding carboxylic acids is 2. The number of carbonyl (C=O) groups is 2. The Morgan fingerprint density at radius 1 is 1.11 bits per heavy atom. The van der Waals surface area contributed by atoms with Gasteiger partial charge in [0.1, 0.15) is 10.8 Å². The Hall–Kier alpha value is -3.06. The van der Waals surface area contributed by atoms with Crippen LogP contribution in [0.3, 0.4) is 0 Å². The molecule has 0 saturated heterocycles. The fourth-order valence-electron chi connectivity index (χ4n) is 3.35. The van der Waals surface area contributed by atoms with Crippen molar-refractivity contribution in [2.24, 2.45) is 5.73 Å². The molecule has 0 unspecified atom stereocenters. The number of primary amides is 1. The number of aromatic nitrogens is 1. The highest BCUT2D eigenvalue weighted by Crippen LogP contribution is 2.35. The summed E-state index contributed by atoms with van der Waals surface area (Å²) >= 11 is 1.51. The van der Waals surface area contributed by atoms with Crippen LogP contribution in [0.5, 0.6) is 5.75 Å². The minimum absolute atomic E-state index is 0.0874. The number of benzene rings is 1. The number of anilines is 1. The third kappa shape index (κ3) is 2.90. The number of amides is 2. The topological polar surface area (TPSA) is 77.6 Å². The summed E-state index contributed by atoms with van der Waals surface area (Å²) in [5.41, 5.74) is 8.78. The van der Waals surface area contributed by atoms with Gasteiger partial charge >= 0.3 is 0 Å². The highest BCUT2D eigenvalue weighted by Gasteiger charge is 2.34. The van der Waals surface area contributed by atoms with Gasteiger partial charge < -0.3 is 19.9 Å². The Kier molecular flexibility index (Phi) is 4.24. The van der Waals surface area contributed by atoms with Crippen LogP contribution in [0.15, 0.2) is 47.8 Å². The molecule has 3 heterocycles. The second-order valence-electron chi connectivity index (χ2n) is 6.48. The number of hydrogen-bond donors (Lipinski definition) is 1. The van der Waals surface area contributed by atoms with Crippen LogP contribution in [0.25, 0.3) is 5.00 Å². The van der Waals surface area contributed by atoms with E-state index in [1.807, 2.05) is 49.6 Å². The molecular weight excluding hydrogens is 362 g/mol. The van der Waals surface area contributed by atoms with E-state index >= 15 is 0 Å². The third-order valence-corrected chi connectivity index (χ3v) is 5.58. The normalized spacial score (nSPS) is 15.9. The van der Waals surface area contributed by atoms with Crippen LogP contribution in [0.2, 0.25) is 0 Å². The van der Waals surface area contributed by atoms with E-state index < -0.39 is 12.0 Å². The molecule has 1 aromatic carbocycles. The molecule has 1 atom stereocenters. The zero-order valence-corrected chi connectivity index (χ0v) is 15.8. The van der Waals surface area contributed by atoms with Crippen molar-refractivity contribution >= 4 is 28.8 Å². The van der Waals surface area contributed by atoms with Crippen LogP contribution >= 0.6 is 11.3 Å². The first kappa shape index (κ1) is 17.4. The van der Waals surface area contributed by atoms with E-state index in [9.17, 15) is 9.59 Å². The van der Waals surface area contributed by atoms with Gasteiger partial charge in [0, 0.05) is 11.4 Å². The van der Waals surface area contributed by atoms with E-state index in [0.717, 1.165) is 16.4 Å². The molecule has 0 bridgehead atoms. The lowest BCUT2D eigenvalue weighted by Crippen LogP contribution is -2.49. The van der Waals surface area contributed by atoms with Crippen molar-refractivity contribution < 1.29 is 14.3 Å². The molecule has 2 aromatic heterocycles. The van der Waals surface area contributed by atoms with Crippen molar-refractivity contribution in [1.29, 1.82) is 0 Å². The number of nitrogens with two attached hydrogens (primary N) is 1. The standard InChI is InChI=1S/C20H19N3O3S/c1-12-7-8-13(2)23(12)20-14(9-10-27-20)19(25)22-11-17(18(21)24)26-16-6-4-3-5-15(16)22/h3-10,17H,11H2,1-2H3,(H2,21,24)/t17-/m0/s1. The summed E-state index contributed by atoms with van der Waals surface area (Å²) in [4.78, 5) is 26.7. The fourth-order valence-corrected chi connectivity index (χ4v) is 4.35. The molecule has 0 radical (unpaired) electrons. The van der Waals surface area contributed by atoms with Gasteiger partial charge in [-0.25, -0.2) is 0 Å².